The van der Waals surface area contributed by atoms with Gasteiger partial charge in [-0.15, -0.1) is 0 Å². The highest BCUT2D eigenvalue weighted by Gasteiger charge is 2.08. The normalized spacial score (nSPS) is 9.93. The van der Waals surface area contributed by atoms with Crippen LogP contribution in [-0.2, 0) is 0 Å². The number of carbonyl (C=O) groups excluding carboxylic acids is 1. The molecule has 3 nitrogen and oxygen atoms in total. The Labute approximate surface area is 91.8 Å². The van der Waals surface area contributed by atoms with Gasteiger partial charge in [-0.1, -0.05) is 11.6 Å². The second-order valence-corrected chi connectivity index (χ2v) is 3.30. The maximum atomic E-state index is 10.7. The second-order valence-electron chi connectivity index (χ2n) is 2.92. The molecule has 0 aliphatic heterocycles. The van der Waals surface area contributed by atoms with Gasteiger partial charge < -0.3 is 0 Å². The van der Waals surface area contributed by atoms with Crippen LogP contribution in [0.5, 0.6) is 0 Å². The molecule has 0 fully saturated rings. The zero-order valence-corrected chi connectivity index (χ0v) is 8.48. The predicted molar refractivity (Wildman–Crippen MR) is 57.9 cm³/mol. The average molecular weight is 219 g/mol. The molecule has 0 amide bonds. The molecule has 0 saturated heterocycles. The number of carbonyl (C=O) groups is 1. The highest BCUT2D eigenvalue weighted by molar-refractivity contribution is 6.35. The summed E-state index contributed by atoms with van der Waals surface area (Å²) in [7, 11) is 0. The van der Waals surface area contributed by atoms with E-state index >= 15 is 0 Å². The minimum atomic E-state index is 0.362. The van der Waals surface area contributed by atoms with Crippen LogP contribution in [-0.4, -0.2) is 16.3 Å². The van der Waals surface area contributed by atoms with E-state index in [1.54, 1.807) is 30.7 Å². The lowest BCUT2D eigenvalue weighted by Gasteiger charge is -2.03. The van der Waals surface area contributed by atoms with Gasteiger partial charge in [0.2, 0.25) is 0 Å². The number of halogens is 1. The van der Waals surface area contributed by atoms with Crippen molar-refractivity contribution in [2.75, 3.05) is 0 Å². The van der Waals surface area contributed by atoms with Crippen LogP contribution in [0.3, 0.4) is 0 Å². The first-order valence-electron chi connectivity index (χ1n) is 4.33. The van der Waals surface area contributed by atoms with Crippen molar-refractivity contribution in [3.63, 3.8) is 0 Å². The fourth-order valence-corrected chi connectivity index (χ4v) is 1.52. The minimum absolute atomic E-state index is 0.362. The molecule has 0 aliphatic carbocycles. The van der Waals surface area contributed by atoms with E-state index in [-0.39, 0.29) is 0 Å². The van der Waals surface area contributed by atoms with Crippen LogP contribution in [0.4, 0.5) is 0 Å². The maximum Gasteiger partial charge on any atom is 0.151 e. The molecule has 2 aromatic heterocycles. The van der Waals surface area contributed by atoms with Crippen LogP contribution in [0.2, 0.25) is 5.02 Å². The molecule has 0 spiro atoms. The monoisotopic (exact) mass is 218 g/mol. The van der Waals surface area contributed by atoms with Gasteiger partial charge in [0.1, 0.15) is 0 Å². The molecular weight excluding hydrogens is 212 g/mol. The summed E-state index contributed by atoms with van der Waals surface area (Å²) < 4.78 is 0. The summed E-state index contributed by atoms with van der Waals surface area (Å²) in [5.74, 6) is 0. The highest BCUT2D eigenvalue weighted by Crippen LogP contribution is 2.26. The summed E-state index contributed by atoms with van der Waals surface area (Å²) >= 11 is 6.02. The summed E-state index contributed by atoms with van der Waals surface area (Å²) in [6, 6.07) is 5.21. The molecule has 15 heavy (non-hydrogen) atoms. The molecule has 2 aromatic rings. The van der Waals surface area contributed by atoms with E-state index in [1.807, 2.05) is 6.07 Å². The molecule has 0 saturated carbocycles. The van der Waals surface area contributed by atoms with E-state index in [4.69, 9.17) is 11.6 Å². The van der Waals surface area contributed by atoms with E-state index in [1.165, 1.54) is 0 Å². The molecule has 0 unspecified atom stereocenters. The number of aldehydes is 1. The Morgan fingerprint density at radius 2 is 2.13 bits per heavy atom. The Balaban J connectivity index is 2.59. The number of rotatable bonds is 2. The first kappa shape index (κ1) is 9.80. The molecule has 0 N–H and O–H groups in total. The standard InChI is InChI=1S/C11H7ClN2O/c12-10-9(7-15)3-5-14-11(10)8-2-1-4-13-6-8/h1-7H. The summed E-state index contributed by atoms with van der Waals surface area (Å²) in [6.07, 6.45) is 5.59. The Morgan fingerprint density at radius 3 is 2.80 bits per heavy atom. The van der Waals surface area contributed by atoms with Crippen molar-refractivity contribution in [2.45, 2.75) is 0 Å². The largest absolute Gasteiger partial charge is 0.298 e. The third-order valence-electron chi connectivity index (χ3n) is 1.98. The second kappa shape index (κ2) is 4.19. The number of hydrogen-bond acceptors (Lipinski definition) is 3. The lowest BCUT2D eigenvalue weighted by atomic mass is 10.1. The van der Waals surface area contributed by atoms with Gasteiger partial charge in [-0.05, 0) is 18.2 Å². The molecular formula is C11H7ClN2O. The van der Waals surface area contributed by atoms with Crippen LogP contribution in [0.15, 0.2) is 36.8 Å². The highest BCUT2D eigenvalue weighted by atomic mass is 35.5. The predicted octanol–water partition coefficient (Wildman–Crippen LogP) is 2.61. The lowest BCUT2D eigenvalue weighted by Crippen LogP contribution is -1.90. The topological polar surface area (TPSA) is 42.9 Å². The van der Waals surface area contributed by atoms with Crippen molar-refractivity contribution >= 4 is 17.9 Å². The van der Waals surface area contributed by atoms with Crippen LogP contribution < -0.4 is 0 Å². The van der Waals surface area contributed by atoms with Gasteiger partial charge in [-0.25, -0.2) is 0 Å². The van der Waals surface area contributed by atoms with Crippen LogP contribution in [0.25, 0.3) is 11.3 Å². The Bertz CT molecular complexity index is 485. The Kier molecular flexibility index (Phi) is 2.74. The van der Waals surface area contributed by atoms with Gasteiger partial charge in [-0.3, -0.25) is 14.8 Å². The van der Waals surface area contributed by atoms with E-state index in [9.17, 15) is 4.79 Å². The van der Waals surface area contributed by atoms with Gasteiger partial charge >= 0.3 is 0 Å². The van der Waals surface area contributed by atoms with Crippen molar-refractivity contribution in [3.8, 4) is 11.3 Å². The molecule has 0 aromatic carbocycles. The first-order chi connectivity index (χ1) is 7.33. The van der Waals surface area contributed by atoms with Gasteiger partial charge in [0.25, 0.3) is 0 Å². The van der Waals surface area contributed by atoms with Crippen LogP contribution in [0, 0.1) is 0 Å². The van der Waals surface area contributed by atoms with Crippen molar-refractivity contribution in [1.82, 2.24) is 9.97 Å². The zero-order chi connectivity index (χ0) is 10.7. The van der Waals surface area contributed by atoms with E-state index in [0.717, 1.165) is 5.56 Å². The van der Waals surface area contributed by atoms with Crippen molar-refractivity contribution in [2.24, 2.45) is 0 Å². The van der Waals surface area contributed by atoms with Crippen molar-refractivity contribution < 1.29 is 4.79 Å². The van der Waals surface area contributed by atoms with E-state index in [0.29, 0.717) is 22.6 Å². The van der Waals surface area contributed by atoms with Crippen molar-refractivity contribution in [1.29, 1.82) is 0 Å². The quantitative estimate of drug-likeness (QED) is 0.728. The lowest BCUT2D eigenvalue weighted by molar-refractivity contribution is 0.112. The summed E-state index contributed by atoms with van der Waals surface area (Å²) in [6.45, 7) is 0. The first-order valence-corrected chi connectivity index (χ1v) is 4.71. The van der Waals surface area contributed by atoms with Crippen molar-refractivity contribution in [3.05, 3.63) is 47.4 Å². The van der Waals surface area contributed by atoms with Gasteiger partial charge in [0.15, 0.2) is 6.29 Å². The number of aromatic nitrogens is 2. The molecule has 2 heterocycles. The molecule has 0 aliphatic rings. The van der Waals surface area contributed by atoms with Gasteiger partial charge in [0.05, 0.1) is 10.7 Å². The third-order valence-corrected chi connectivity index (χ3v) is 2.38. The fraction of sp³-hybridized carbons (Fsp3) is 0. The average Bonchev–Trinajstić information content (AvgIpc) is 2.30. The molecule has 0 bridgehead atoms. The molecule has 4 heteroatoms. The minimum Gasteiger partial charge on any atom is -0.298 e. The summed E-state index contributed by atoms with van der Waals surface area (Å²) in [4.78, 5) is 18.8. The fourth-order valence-electron chi connectivity index (χ4n) is 1.25. The maximum absolute atomic E-state index is 10.7. The molecule has 2 rings (SSSR count). The van der Waals surface area contributed by atoms with Gasteiger partial charge in [-0.2, -0.15) is 0 Å². The number of nitrogens with zero attached hydrogens (tertiary/aromatic N) is 2. The number of hydrogen-bond donors (Lipinski definition) is 0. The summed E-state index contributed by atoms with van der Waals surface area (Å²) in [5.41, 5.74) is 1.81. The van der Waals surface area contributed by atoms with Crippen LogP contribution >= 0.6 is 11.6 Å². The smallest absolute Gasteiger partial charge is 0.151 e. The SMILES string of the molecule is O=Cc1ccnc(-c2cccnc2)c1Cl. The zero-order valence-electron chi connectivity index (χ0n) is 7.72. The Morgan fingerprint density at radius 1 is 1.27 bits per heavy atom. The molecule has 0 radical (unpaired) electrons. The molecule has 74 valence electrons. The summed E-state index contributed by atoms with van der Waals surface area (Å²) in [5, 5.41) is 0.362. The molecule has 0 atom stereocenters. The van der Waals surface area contributed by atoms with E-state index in [2.05, 4.69) is 9.97 Å². The van der Waals surface area contributed by atoms with Crippen LogP contribution in [0.1, 0.15) is 10.4 Å². The Hall–Kier alpha value is -1.74. The van der Waals surface area contributed by atoms with Gasteiger partial charge in [0, 0.05) is 29.7 Å². The van der Waals surface area contributed by atoms with E-state index < -0.39 is 0 Å². The number of pyridine rings is 2. The third kappa shape index (κ3) is 1.87.